The molecule has 0 saturated carbocycles. The van der Waals surface area contributed by atoms with Gasteiger partial charge in [0.05, 0.1) is 32.0 Å². The van der Waals surface area contributed by atoms with E-state index >= 15 is 8.78 Å². The van der Waals surface area contributed by atoms with Crippen molar-refractivity contribution < 1.29 is 47.0 Å². The number of nitrogens with one attached hydrogen (secondary N) is 1. The van der Waals surface area contributed by atoms with Gasteiger partial charge < -0.3 is 36.0 Å². The molecule has 4 aromatic heterocycles. The molecule has 0 amide bonds. The van der Waals surface area contributed by atoms with Gasteiger partial charge in [0, 0.05) is 6.42 Å². The first kappa shape index (κ1) is 30.3. The quantitative estimate of drug-likeness (QED) is 0.122. The van der Waals surface area contributed by atoms with Gasteiger partial charge >= 0.3 is 7.82 Å². The van der Waals surface area contributed by atoms with E-state index in [0.717, 1.165) is 24.1 Å². The van der Waals surface area contributed by atoms with Crippen LogP contribution in [0.5, 0.6) is 0 Å². The van der Waals surface area contributed by atoms with E-state index in [2.05, 4.69) is 29.9 Å². The third kappa shape index (κ3) is 5.09. The number of aromatic amines is 1. The number of anilines is 2. The van der Waals surface area contributed by atoms with Crippen LogP contribution in [0.4, 0.5) is 20.5 Å². The molecule has 44 heavy (non-hydrogen) atoms. The number of aliphatic hydroxyl groups is 2. The molecule has 0 radical (unpaired) electrons. The molecule has 0 aromatic carbocycles. The summed E-state index contributed by atoms with van der Waals surface area (Å²) >= 11 is 0. The molecule has 2 aliphatic heterocycles. The number of fused-ring (bicyclic) bond motifs is 2. The van der Waals surface area contributed by atoms with Gasteiger partial charge in [-0.25, -0.2) is 33.3 Å². The Hall–Kier alpha value is -3.69. The maximum Gasteiger partial charge on any atom is 0.472 e. The van der Waals surface area contributed by atoms with Crippen molar-refractivity contribution in [2.75, 3.05) is 24.7 Å². The first-order valence-corrected chi connectivity index (χ1v) is 14.6. The summed E-state index contributed by atoms with van der Waals surface area (Å²) in [7, 11) is -5.07. The minimum atomic E-state index is -5.07. The van der Waals surface area contributed by atoms with Gasteiger partial charge in [-0.3, -0.25) is 28.0 Å². The maximum atomic E-state index is 15.7. The van der Waals surface area contributed by atoms with Crippen molar-refractivity contribution >= 4 is 41.9 Å². The summed E-state index contributed by atoms with van der Waals surface area (Å²) in [5.74, 6) is -0.226. The van der Waals surface area contributed by atoms with E-state index in [0.29, 0.717) is 0 Å². The molecule has 6 heterocycles. The standard InChI is InChI=1S/C22H27F2N10O9P/c1-22(24)14(36)8(42-20(22)34-7-29-11-15(25)27-5-28-16(11)34)2-3-40-44(38,39)43-13-10(23)9(4-35)41-19(13)33-6-30-12-17(33)31-21(26)32-18(12)37/h5-10,13-14,19-20,35-36H,2-4H2,1H3,(H,38,39)(H2,25,27,28)(H3,26,31,32,37)/t8-,9-,10?,13?,14?,19?,20?,22+/m1/s1. The molecule has 4 aromatic rings. The van der Waals surface area contributed by atoms with E-state index < -0.39 is 75.3 Å². The predicted molar refractivity (Wildman–Crippen MR) is 143 cm³/mol. The number of nitrogens with two attached hydrogens (primary N) is 2. The van der Waals surface area contributed by atoms with Crippen LogP contribution in [0.1, 0.15) is 25.8 Å². The van der Waals surface area contributed by atoms with Crippen molar-refractivity contribution in [2.24, 2.45) is 0 Å². The molecule has 2 aliphatic rings. The lowest BCUT2D eigenvalue weighted by Crippen LogP contribution is -2.39. The summed E-state index contributed by atoms with van der Waals surface area (Å²) in [6, 6.07) is 0. The molecule has 2 saturated heterocycles. The zero-order valence-electron chi connectivity index (χ0n) is 22.7. The first-order valence-electron chi connectivity index (χ1n) is 13.1. The summed E-state index contributed by atoms with van der Waals surface area (Å²) in [5.41, 5.74) is 8.37. The monoisotopic (exact) mass is 644 g/mol. The Morgan fingerprint density at radius 1 is 1.14 bits per heavy atom. The highest BCUT2D eigenvalue weighted by atomic mass is 31.2. The number of aromatic nitrogens is 8. The molecule has 238 valence electrons. The molecule has 2 fully saturated rings. The van der Waals surface area contributed by atoms with Crippen LogP contribution in [0.15, 0.2) is 23.8 Å². The summed E-state index contributed by atoms with van der Waals surface area (Å²) in [6.45, 7) is -0.311. The first-order chi connectivity index (χ1) is 20.8. The molecule has 9 atom stereocenters. The fraction of sp³-hybridized carbons (Fsp3) is 0.545. The van der Waals surface area contributed by atoms with E-state index in [9.17, 15) is 24.5 Å². The highest BCUT2D eigenvalue weighted by Crippen LogP contribution is 2.50. The van der Waals surface area contributed by atoms with E-state index in [1.807, 2.05) is 0 Å². The molecule has 8 N–H and O–H groups in total. The Labute approximate surface area is 244 Å². The van der Waals surface area contributed by atoms with Crippen molar-refractivity contribution in [3.8, 4) is 0 Å². The highest BCUT2D eigenvalue weighted by Gasteiger charge is 2.55. The smallest absolute Gasteiger partial charge is 0.394 e. The average molecular weight is 644 g/mol. The van der Waals surface area contributed by atoms with Gasteiger partial charge in [-0.15, -0.1) is 0 Å². The summed E-state index contributed by atoms with van der Waals surface area (Å²) in [5, 5.41) is 20.3. The summed E-state index contributed by atoms with van der Waals surface area (Å²) in [4.78, 5) is 44.7. The van der Waals surface area contributed by atoms with Gasteiger partial charge in [0.15, 0.2) is 46.9 Å². The summed E-state index contributed by atoms with van der Waals surface area (Å²) in [6.07, 6.45) is -8.18. The molecule has 0 aliphatic carbocycles. The molecule has 19 nitrogen and oxygen atoms in total. The molecule has 6 unspecified atom stereocenters. The number of imidazole rings is 2. The zero-order chi connectivity index (χ0) is 31.6. The minimum Gasteiger partial charge on any atom is -0.394 e. The molecule has 0 spiro atoms. The Balaban J connectivity index is 1.15. The van der Waals surface area contributed by atoms with Crippen LogP contribution in [0.3, 0.4) is 0 Å². The lowest BCUT2D eigenvalue weighted by Gasteiger charge is -2.24. The number of aliphatic hydroxyl groups excluding tert-OH is 2. The number of alkyl halides is 2. The number of hydrogen-bond donors (Lipinski definition) is 6. The largest absolute Gasteiger partial charge is 0.472 e. The minimum absolute atomic E-state index is 0.0579. The van der Waals surface area contributed by atoms with Crippen molar-refractivity contribution in [1.82, 2.24) is 39.0 Å². The topological polar surface area (TPSA) is 274 Å². The normalized spacial score (nSPS) is 32.1. The van der Waals surface area contributed by atoms with E-state index in [1.165, 1.54) is 10.9 Å². The van der Waals surface area contributed by atoms with E-state index in [1.54, 1.807) is 0 Å². The fourth-order valence-electron chi connectivity index (χ4n) is 5.26. The SMILES string of the molecule is C[C@]1(F)C(O)[C@@H](CCOP(=O)(O)OC2C(F)[C@@H](CO)OC2n2cnc3c(=O)[nH]c(N)nc32)OC1n1cnc2c(N)ncnc21. The third-order valence-electron chi connectivity index (χ3n) is 7.44. The van der Waals surface area contributed by atoms with Crippen LogP contribution in [0.2, 0.25) is 0 Å². The van der Waals surface area contributed by atoms with Crippen molar-refractivity contribution in [2.45, 2.75) is 62.1 Å². The number of ether oxygens (including phenoxy) is 2. The Morgan fingerprint density at radius 2 is 1.86 bits per heavy atom. The number of phosphoric acid groups is 1. The average Bonchev–Trinajstić information content (AvgIpc) is 3.70. The molecular formula is C22H27F2N10O9P. The molecular weight excluding hydrogens is 617 g/mol. The number of rotatable bonds is 9. The van der Waals surface area contributed by atoms with Crippen molar-refractivity contribution in [3.05, 3.63) is 29.3 Å². The van der Waals surface area contributed by atoms with Crippen LogP contribution in [0.25, 0.3) is 22.3 Å². The second-order valence-electron chi connectivity index (χ2n) is 10.3. The fourth-order valence-corrected chi connectivity index (χ4v) is 6.19. The van der Waals surface area contributed by atoms with E-state index in [4.69, 9.17) is 30.0 Å². The molecule has 0 bridgehead atoms. The number of nitrogens with zero attached hydrogens (tertiary/aromatic N) is 7. The molecule has 22 heteroatoms. The second-order valence-corrected chi connectivity index (χ2v) is 11.7. The van der Waals surface area contributed by atoms with Crippen LogP contribution in [-0.4, -0.2) is 104 Å². The summed E-state index contributed by atoms with van der Waals surface area (Å²) < 4.78 is 67.5. The Bertz CT molecular complexity index is 1800. The lowest BCUT2D eigenvalue weighted by atomic mass is 9.97. The van der Waals surface area contributed by atoms with Gasteiger partial charge in [0.25, 0.3) is 5.56 Å². The maximum absolute atomic E-state index is 15.7. The van der Waals surface area contributed by atoms with Gasteiger partial charge in [-0.05, 0) is 6.92 Å². The Morgan fingerprint density at radius 3 is 2.61 bits per heavy atom. The number of phosphoric ester groups is 1. The van der Waals surface area contributed by atoms with Gasteiger partial charge in [0.2, 0.25) is 5.95 Å². The second kappa shape index (κ2) is 11.0. The number of halogens is 2. The van der Waals surface area contributed by atoms with Gasteiger partial charge in [0.1, 0.15) is 30.2 Å². The molecule has 6 rings (SSSR count). The van der Waals surface area contributed by atoms with Gasteiger partial charge in [-0.1, -0.05) is 0 Å². The van der Waals surface area contributed by atoms with Gasteiger partial charge in [-0.2, -0.15) is 4.98 Å². The third-order valence-corrected chi connectivity index (χ3v) is 8.46. The van der Waals surface area contributed by atoms with Crippen LogP contribution in [0, 0.1) is 0 Å². The van der Waals surface area contributed by atoms with Crippen LogP contribution < -0.4 is 17.0 Å². The Kier molecular flexibility index (Phi) is 7.61. The van der Waals surface area contributed by atoms with E-state index in [-0.39, 0.29) is 40.5 Å². The number of nitrogen functional groups attached to an aromatic ring is 2. The van der Waals surface area contributed by atoms with Crippen LogP contribution in [-0.2, 0) is 23.1 Å². The van der Waals surface area contributed by atoms with Crippen LogP contribution >= 0.6 is 7.82 Å². The predicted octanol–water partition coefficient (Wildman–Crippen LogP) is -0.769. The zero-order valence-corrected chi connectivity index (χ0v) is 23.6. The highest BCUT2D eigenvalue weighted by molar-refractivity contribution is 7.47. The number of H-pyrrole nitrogens is 1. The van der Waals surface area contributed by atoms with Crippen molar-refractivity contribution in [3.63, 3.8) is 0 Å². The number of hydrogen-bond acceptors (Lipinski definition) is 15. The lowest BCUT2D eigenvalue weighted by molar-refractivity contribution is -0.0538. The van der Waals surface area contributed by atoms with Crippen molar-refractivity contribution in [1.29, 1.82) is 0 Å².